The lowest BCUT2D eigenvalue weighted by Crippen LogP contribution is -2.60. The number of carbonyl (C=O) groups excluding carboxylic acids is 4. The van der Waals surface area contributed by atoms with E-state index in [1.807, 2.05) is 48.5 Å². The highest BCUT2D eigenvalue weighted by Crippen LogP contribution is 2.46. The number of alkyl carbamates (subject to hydrolysis) is 1. The third kappa shape index (κ3) is 7.39. The smallest absolute Gasteiger partial charge is 0.407 e. The molecule has 4 amide bonds. The number of ether oxygens (including phenoxy) is 3. The van der Waals surface area contributed by atoms with E-state index in [1.54, 1.807) is 26.8 Å². The van der Waals surface area contributed by atoms with Gasteiger partial charge in [0.2, 0.25) is 27.7 Å². The zero-order valence-electron chi connectivity index (χ0n) is 29.8. The van der Waals surface area contributed by atoms with Gasteiger partial charge in [0.25, 0.3) is 5.91 Å². The molecule has 2 saturated carbocycles. The fraction of sp³-hybridized carbons (Fsp3) is 0.447. The maximum Gasteiger partial charge on any atom is 0.407 e. The highest BCUT2D eigenvalue weighted by Gasteiger charge is 2.62. The van der Waals surface area contributed by atoms with E-state index in [9.17, 15) is 27.6 Å². The Morgan fingerprint density at radius 1 is 1.06 bits per heavy atom. The Bertz CT molecular complexity index is 2100. The lowest BCUT2D eigenvalue weighted by atomic mass is 9.85. The second kappa shape index (κ2) is 13.7. The third-order valence-corrected chi connectivity index (χ3v) is 12.0. The number of benzene rings is 2. The predicted octanol–water partition coefficient (Wildman–Crippen LogP) is 3.45. The van der Waals surface area contributed by atoms with Gasteiger partial charge in [-0.2, -0.15) is 0 Å². The van der Waals surface area contributed by atoms with Gasteiger partial charge < -0.3 is 29.7 Å². The lowest BCUT2D eigenvalue weighted by Gasteiger charge is -2.35. The molecule has 14 nitrogen and oxygen atoms in total. The molecule has 1 aromatic heterocycles. The molecule has 3 N–H and O–H groups in total. The number of fused-ring (bicyclic) bond motifs is 7. The summed E-state index contributed by atoms with van der Waals surface area (Å²) in [6.45, 7) is 8.99. The van der Waals surface area contributed by atoms with Crippen LogP contribution in [-0.4, -0.2) is 90.9 Å². The summed E-state index contributed by atoms with van der Waals surface area (Å²) in [4.78, 5) is 61.6. The van der Waals surface area contributed by atoms with Gasteiger partial charge in [0.05, 0.1) is 17.3 Å². The number of hydrogen-bond donors (Lipinski definition) is 3. The van der Waals surface area contributed by atoms with E-state index in [1.165, 1.54) is 11.0 Å². The molecule has 53 heavy (non-hydrogen) atoms. The number of nitrogens with one attached hydrogen (secondary N) is 3. The molecule has 5 atom stereocenters. The molecular weight excluding hydrogens is 703 g/mol. The molecule has 2 aliphatic heterocycles. The molecule has 4 aliphatic rings. The Morgan fingerprint density at radius 3 is 2.53 bits per heavy atom. The van der Waals surface area contributed by atoms with Crippen LogP contribution in [0.25, 0.3) is 22.0 Å². The van der Waals surface area contributed by atoms with Crippen molar-refractivity contribution in [1.82, 2.24) is 25.2 Å². The Balaban J connectivity index is 1.26. The van der Waals surface area contributed by atoms with Crippen LogP contribution >= 0.6 is 0 Å². The number of cyclic esters (lactones) is 1. The number of nitrogens with zero attached hydrogens (tertiary/aromatic N) is 2. The maximum absolute atomic E-state index is 14.5. The number of amides is 4. The first-order chi connectivity index (χ1) is 25.2. The molecule has 7 rings (SSSR count). The molecular formula is C38H43N5O9S. The van der Waals surface area contributed by atoms with Crippen LogP contribution in [0.4, 0.5) is 4.79 Å². The van der Waals surface area contributed by atoms with Crippen molar-refractivity contribution >= 4 is 44.7 Å². The van der Waals surface area contributed by atoms with Crippen LogP contribution < -0.4 is 24.8 Å². The van der Waals surface area contributed by atoms with Gasteiger partial charge in [0, 0.05) is 23.3 Å². The van der Waals surface area contributed by atoms with Crippen molar-refractivity contribution in [3.05, 3.63) is 67.3 Å². The van der Waals surface area contributed by atoms with E-state index >= 15 is 0 Å². The van der Waals surface area contributed by atoms with Gasteiger partial charge in [-0.05, 0) is 54.5 Å². The first-order valence-electron chi connectivity index (χ1n) is 17.7. The highest BCUT2D eigenvalue weighted by atomic mass is 32.2. The quantitative estimate of drug-likeness (QED) is 0.316. The van der Waals surface area contributed by atoms with Crippen molar-refractivity contribution < 1.29 is 41.8 Å². The topological polar surface area (TPSA) is 182 Å². The second-order valence-electron chi connectivity index (χ2n) is 15.2. The molecule has 3 aromatic rings. The van der Waals surface area contributed by atoms with E-state index in [-0.39, 0.29) is 38.5 Å². The Hall–Kier alpha value is -5.18. The largest absolute Gasteiger partial charge is 0.490 e. The minimum Gasteiger partial charge on any atom is -0.490 e. The summed E-state index contributed by atoms with van der Waals surface area (Å²) >= 11 is 0. The van der Waals surface area contributed by atoms with Gasteiger partial charge >= 0.3 is 6.09 Å². The first kappa shape index (κ1) is 36.2. The second-order valence-corrected chi connectivity index (χ2v) is 17.1. The molecule has 3 heterocycles. The predicted molar refractivity (Wildman–Crippen MR) is 194 cm³/mol. The molecule has 1 saturated heterocycles. The summed E-state index contributed by atoms with van der Waals surface area (Å²) < 4.78 is 45.5. The fourth-order valence-electron chi connectivity index (χ4n) is 6.97. The van der Waals surface area contributed by atoms with Crippen molar-refractivity contribution in [2.75, 3.05) is 19.8 Å². The Kier molecular flexibility index (Phi) is 9.33. The van der Waals surface area contributed by atoms with Crippen LogP contribution in [0.1, 0.15) is 46.5 Å². The van der Waals surface area contributed by atoms with E-state index in [0.717, 1.165) is 10.9 Å². The number of sulfonamides is 1. The van der Waals surface area contributed by atoms with Gasteiger partial charge in [-0.3, -0.25) is 19.1 Å². The standard InChI is InChI=1S/C38H43N5O9S/c1-5-24-20-38(24,35(46)42-53(48,49)27-13-14-27)41-32(44)30-19-26-21-43(30)34(45)31(37(2,3)4)40-36(47)51-16-15-50-25-11-8-10-22(17-25)28-18-23-9-6-7-12-29(23)39-33(28)52-26/h5-12,17-18,24,26-27,30-31H,1,13-16,19-21H2,2-4H3,(H,40,47)(H,41,44)(H,42,46)/t24-,26?,30+,31-,38?/m1/s1. The summed E-state index contributed by atoms with van der Waals surface area (Å²) in [5.74, 6) is -1.80. The highest BCUT2D eigenvalue weighted by molar-refractivity contribution is 7.91. The molecule has 3 fully saturated rings. The monoisotopic (exact) mass is 745 g/mol. The molecule has 2 aromatic carbocycles. The van der Waals surface area contributed by atoms with Crippen molar-refractivity contribution in [3.63, 3.8) is 0 Å². The minimum absolute atomic E-state index is 0.00675. The number of aromatic nitrogens is 1. The molecule has 2 unspecified atom stereocenters. The first-order valence-corrected chi connectivity index (χ1v) is 19.3. The average molecular weight is 746 g/mol. The summed E-state index contributed by atoms with van der Waals surface area (Å²) in [5.41, 5.74) is -0.317. The van der Waals surface area contributed by atoms with Crippen molar-refractivity contribution in [2.24, 2.45) is 11.3 Å². The number of hydrogen-bond acceptors (Lipinski definition) is 10. The number of para-hydroxylation sites is 1. The molecule has 15 heteroatoms. The zero-order valence-corrected chi connectivity index (χ0v) is 30.6. The fourth-order valence-corrected chi connectivity index (χ4v) is 8.33. The van der Waals surface area contributed by atoms with Crippen LogP contribution in [-0.2, 0) is 29.1 Å². The maximum atomic E-state index is 14.5. The SMILES string of the molecule is C=C[C@@H]1CC1(NC(=O)[C@@H]1CC2CN1C(=O)[C@H](C(C)(C)C)NC(=O)OCCOc1cccc(c1)-c1cc3ccccc3nc1O2)C(=O)NS(=O)(=O)C1CC1. The van der Waals surface area contributed by atoms with Crippen LogP contribution in [0.3, 0.4) is 0 Å². The third-order valence-electron chi connectivity index (χ3n) is 10.2. The molecule has 0 radical (unpaired) electrons. The van der Waals surface area contributed by atoms with Crippen LogP contribution in [0.15, 0.2) is 67.3 Å². The van der Waals surface area contributed by atoms with Crippen molar-refractivity contribution in [3.8, 4) is 22.8 Å². The number of rotatable bonds is 6. The molecule has 280 valence electrons. The normalized spacial score (nSPS) is 26.1. The molecule has 2 aliphatic carbocycles. The Morgan fingerprint density at radius 2 is 1.81 bits per heavy atom. The van der Waals surface area contributed by atoms with E-state index in [0.29, 0.717) is 29.7 Å². The summed E-state index contributed by atoms with van der Waals surface area (Å²) in [7, 11) is -3.91. The van der Waals surface area contributed by atoms with E-state index < -0.39 is 74.1 Å². The van der Waals surface area contributed by atoms with Gasteiger partial charge in [0.15, 0.2) is 0 Å². The minimum atomic E-state index is -3.91. The summed E-state index contributed by atoms with van der Waals surface area (Å²) in [5, 5.41) is 5.70. The van der Waals surface area contributed by atoms with E-state index in [4.69, 9.17) is 19.2 Å². The van der Waals surface area contributed by atoms with Gasteiger partial charge in [-0.1, -0.05) is 57.2 Å². The van der Waals surface area contributed by atoms with Crippen molar-refractivity contribution in [1.29, 1.82) is 0 Å². The Labute approximate surface area is 307 Å². The van der Waals surface area contributed by atoms with Crippen LogP contribution in [0.2, 0.25) is 0 Å². The zero-order chi connectivity index (χ0) is 37.7. The molecule has 4 bridgehead atoms. The number of carbonyl (C=O) groups is 4. The van der Waals surface area contributed by atoms with E-state index in [2.05, 4.69) is 21.9 Å². The van der Waals surface area contributed by atoms with Gasteiger partial charge in [0.1, 0.15) is 42.7 Å². The van der Waals surface area contributed by atoms with Crippen LogP contribution in [0, 0.1) is 11.3 Å². The summed E-state index contributed by atoms with van der Waals surface area (Å²) in [6.07, 6.45) is 0.968. The summed E-state index contributed by atoms with van der Waals surface area (Å²) in [6, 6.07) is 14.5. The van der Waals surface area contributed by atoms with Crippen LogP contribution in [0.5, 0.6) is 11.6 Å². The van der Waals surface area contributed by atoms with Crippen molar-refractivity contribution in [2.45, 2.75) is 75.4 Å². The average Bonchev–Trinajstić information content (AvgIpc) is 4.04. The molecule has 0 spiro atoms. The van der Waals surface area contributed by atoms with Gasteiger partial charge in [-0.25, -0.2) is 18.2 Å². The number of pyridine rings is 1. The lowest BCUT2D eigenvalue weighted by molar-refractivity contribution is -0.142. The van der Waals surface area contributed by atoms with Gasteiger partial charge in [-0.15, -0.1) is 6.58 Å².